The number of fused-ring (bicyclic) bond motifs is 1. The third-order valence-corrected chi connectivity index (χ3v) is 3.53. The van der Waals surface area contributed by atoms with Gasteiger partial charge in [0.1, 0.15) is 11.6 Å². The molecular formula is C17H13FN2O2. The summed E-state index contributed by atoms with van der Waals surface area (Å²) in [4.78, 5) is 13.9. The van der Waals surface area contributed by atoms with Crippen LogP contribution in [0.5, 0.6) is 5.75 Å². The highest BCUT2D eigenvalue weighted by Crippen LogP contribution is 2.35. The number of ether oxygens (including phenoxy) is 1. The van der Waals surface area contributed by atoms with E-state index in [1.807, 2.05) is 6.07 Å². The van der Waals surface area contributed by atoms with Crippen molar-refractivity contribution in [2.45, 2.75) is 19.6 Å². The zero-order valence-electron chi connectivity index (χ0n) is 11.9. The van der Waals surface area contributed by atoms with Crippen LogP contribution in [0.2, 0.25) is 0 Å². The minimum atomic E-state index is -0.628. The number of nitriles is 1. The highest BCUT2D eigenvalue weighted by Gasteiger charge is 2.31. The summed E-state index contributed by atoms with van der Waals surface area (Å²) in [7, 11) is 0. The van der Waals surface area contributed by atoms with Crippen LogP contribution in [0.25, 0.3) is 0 Å². The maximum atomic E-state index is 13.5. The number of amides is 1. The molecule has 110 valence electrons. The number of halogens is 1. The fraction of sp³-hybridized carbons (Fsp3) is 0.176. The fourth-order valence-electron chi connectivity index (χ4n) is 2.47. The minimum absolute atomic E-state index is 0.236. The summed E-state index contributed by atoms with van der Waals surface area (Å²) in [5.74, 6) is -0.189. The normalized spacial score (nSPS) is 16.7. The molecule has 2 aromatic carbocycles. The van der Waals surface area contributed by atoms with Crippen molar-refractivity contribution in [3.8, 4) is 11.8 Å². The number of hydrogen-bond acceptors (Lipinski definition) is 3. The molecule has 0 aromatic heterocycles. The first-order chi connectivity index (χ1) is 10.6. The molecule has 1 heterocycles. The molecule has 0 fully saturated rings. The van der Waals surface area contributed by atoms with E-state index in [1.165, 1.54) is 23.1 Å². The molecule has 0 spiro atoms. The maximum Gasteiger partial charge on any atom is 0.268 e. The van der Waals surface area contributed by atoms with E-state index in [2.05, 4.69) is 6.07 Å². The van der Waals surface area contributed by atoms with E-state index in [0.29, 0.717) is 17.0 Å². The molecule has 22 heavy (non-hydrogen) atoms. The average molecular weight is 296 g/mol. The van der Waals surface area contributed by atoms with E-state index in [4.69, 9.17) is 10.00 Å². The van der Waals surface area contributed by atoms with Crippen LogP contribution in [0, 0.1) is 17.1 Å². The summed E-state index contributed by atoms with van der Waals surface area (Å²) in [6.45, 7) is 1.92. The molecule has 0 N–H and O–H groups in total. The van der Waals surface area contributed by atoms with Gasteiger partial charge in [0, 0.05) is 6.07 Å². The standard InChI is InChI=1S/C17H13FN2O2/c1-11-17(21)20(10-13-4-2-3-12(7-13)9-19)15-8-14(18)5-6-16(15)22-11/h2-8,11H,10H2,1H3. The molecule has 0 radical (unpaired) electrons. The zero-order chi connectivity index (χ0) is 15.7. The molecule has 1 amide bonds. The Labute approximate surface area is 127 Å². The Hall–Kier alpha value is -2.87. The van der Waals surface area contributed by atoms with Crippen molar-refractivity contribution < 1.29 is 13.9 Å². The van der Waals surface area contributed by atoms with Crippen molar-refractivity contribution in [3.05, 3.63) is 59.4 Å². The number of carbonyl (C=O) groups is 1. The molecule has 4 nitrogen and oxygen atoms in total. The predicted molar refractivity (Wildman–Crippen MR) is 78.8 cm³/mol. The van der Waals surface area contributed by atoms with Crippen LogP contribution in [0.15, 0.2) is 42.5 Å². The quantitative estimate of drug-likeness (QED) is 0.856. The molecule has 1 unspecified atom stereocenters. The van der Waals surface area contributed by atoms with Gasteiger partial charge in [-0.1, -0.05) is 12.1 Å². The lowest BCUT2D eigenvalue weighted by molar-refractivity contribution is -0.125. The maximum absolute atomic E-state index is 13.5. The summed E-state index contributed by atoms with van der Waals surface area (Å²) in [6, 6.07) is 13.2. The van der Waals surface area contributed by atoms with Crippen LogP contribution in [0.1, 0.15) is 18.1 Å². The van der Waals surface area contributed by atoms with Crippen molar-refractivity contribution in [3.63, 3.8) is 0 Å². The number of nitrogens with zero attached hydrogens (tertiary/aromatic N) is 2. The lowest BCUT2D eigenvalue weighted by Crippen LogP contribution is -2.44. The third-order valence-electron chi connectivity index (χ3n) is 3.53. The van der Waals surface area contributed by atoms with Crippen LogP contribution in [0.4, 0.5) is 10.1 Å². The smallest absolute Gasteiger partial charge is 0.268 e. The Morgan fingerprint density at radius 2 is 2.14 bits per heavy atom. The molecule has 5 heteroatoms. The molecule has 0 saturated carbocycles. The average Bonchev–Trinajstić information content (AvgIpc) is 2.53. The number of anilines is 1. The highest BCUT2D eigenvalue weighted by atomic mass is 19.1. The van der Waals surface area contributed by atoms with Crippen LogP contribution >= 0.6 is 0 Å². The molecule has 0 aliphatic carbocycles. The van der Waals surface area contributed by atoms with Gasteiger partial charge in [0.2, 0.25) is 0 Å². The Balaban J connectivity index is 2.00. The number of rotatable bonds is 2. The minimum Gasteiger partial charge on any atom is -0.479 e. The van der Waals surface area contributed by atoms with Gasteiger partial charge in [-0.2, -0.15) is 5.26 Å². The summed E-state index contributed by atoms with van der Waals surface area (Å²) < 4.78 is 19.0. The summed E-state index contributed by atoms with van der Waals surface area (Å²) >= 11 is 0. The van der Waals surface area contributed by atoms with Gasteiger partial charge in [0.05, 0.1) is 23.9 Å². The second kappa shape index (κ2) is 5.49. The van der Waals surface area contributed by atoms with Crippen molar-refractivity contribution in [1.82, 2.24) is 0 Å². The van der Waals surface area contributed by atoms with Gasteiger partial charge >= 0.3 is 0 Å². The van der Waals surface area contributed by atoms with Gasteiger partial charge in [-0.25, -0.2) is 4.39 Å². The van der Waals surface area contributed by atoms with Crippen LogP contribution in [-0.2, 0) is 11.3 Å². The van der Waals surface area contributed by atoms with E-state index in [0.717, 1.165) is 5.56 Å². The zero-order valence-corrected chi connectivity index (χ0v) is 11.9. The van der Waals surface area contributed by atoms with E-state index in [9.17, 15) is 9.18 Å². The largest absolute Gasteiger partial charge is 0.479 e. The first-order valence-electron chi connectivity index (χ1n) is 6.85. The third kappa shape index (κ3) is 2.51. The molecule has 2 aromatic rings. The van der Waals surface area contributed by atoms with Gasteiger partial charge in [-0.3, -0.25) is 4.79 Å². The Kier molecular flexibility index (Phi) is 3.51. The van der Waals surface area contributed by atoms with E-state index in [1.54, 1.807) is 25.1 Å². The van der Waals surface area contributed by atoms with Gasteiger partial charge in [-0.05, 0) is 36.8 Å². The van der Waals surface area contributed by atoms with Crippen LogP contribution in [0.3, 0.4) is 0 Å². The SMILES string of the molecule is CC1Oc2ccc(F)cc2N(Cc2cccc(C#N)c2)C1=O. The lowest BCUT2D eigenvalue weighted by atomic mass is 10.1. The second-order valence-corrected chi connectivity index (χ2v) is 5.11. The van der Waals surface area contributed by atoms with E-state index >= 15 is 0 Å². The van der Waals surface area contributed by atoms with E-state index < -0.39 is 11.9 Å². The van der Waals surface area contributed by atoms with Crippen molar-refractivity contribution in [2.24, 2.45) is 0 Å². The number of carbonyl (C=O) groups excluding carboxylic acids is 1. The molecule has 1 aliphatic rings. The van der Waals surface area contributed by atoms with Crippen LogP contribution < -0.4 is 9.64 Å². The molecule has 3 rings (SSSR count). The van der Waals surface area contributed by atoms with Gasteiger partial charge < -0.3 is 9.64 Å². The van der Waals surface area contributed by atoms with Crippen molar-refractivity contribution in [2.75, 3.05) is 4.90 Å². The number of hydrogen-bond donors (Lipinski definition) is 0. The first kappa shape index (κ1) is 14.1. The lowest BCUT2D eigenvalue weighted by Gasteiger charge is -2.33. The molecule has 1 atom stereocenters. The molecular weight excluding hydrogens is 283 g/mol. The number of benzene rings is 2. The van der Waals surface area contributed by atoms with Crippen molar-refractivity contribution in [1.29, 1.82) is 5.26 Å². The molecule has 1 aliphatic heterocycles. The summed E-state index contributed by atoms with van der Waals surface area (Å²) in [6.07, 6.45) is -0.628. The van der Waals surface area contributed by atoms with Crippen molar-refractivity contribution >= 4 is 11.6 Å². The predicted octanol–water partition coefficient (Wildman–Crippen LogP) is 3.01. The monoisotopic (exact) mass is 296 g/mol. The highest BCUT2D eigenvalue weighted by molar-refractivity contribution is 5.99. The topological polar surface area (TPSA) is 53.3 Å². The first-order valence-corrected chi connectivity index (χ1v) is 6.85. The molecule has 0 bridgehead atoms. The Morgan fingerprint density at radius 3 is 2.91 bits per heavy atom. The van der Waals surface area contributed by atoms with Gasteiger partial charge in [0.15, 0.2) is 6.10 Å². The summed E-state index contributed by atoms with van der Waals surface area (Å²) in [5, 5.41) is 8.96. The van der Waals surface area contributed by atoms with Crippen LogP contribution in [-0.4, -0.2) is 12.0 Å². The second-order valence-electron chi connectivity index (χ2n) is 5.11. The Bertz CT molecular complexity index is 782. The fourth-order valence-corrected chi connectivity index (χ4v) is 2.47. The Morgan fingerprint density at radius 1 is 1.32 bits per heavy atom. The van der Waals surface area contributed by atoms with Gasteiger partial charge in [0.25, 0.3) is 5.91 Å². The van der Waals surface area contributed by atoms with E-state index in [-0.39, 0.29) is 12.5 Å². The molecule has 0 saturated heterocycles. The summed E-state index contributed by atoms with van der Waals surface area (Å²) in [5.41, 5.74) is 1.73. The van der Waals surface area contributed by atoms with Gasteiger partial charge in [-0.15, -0.1) is 0 Å².